The summed E-state index contributed by atoms with van der Waals surface area (Å²) in [5.41, 5.74) is 2.86. The summed E-state index contributed by atoms with van der Waals surface area (Å²) in [5.74, 6) is 1.01. The van der Waals surface area contributed by atoms with Crippen LogP contribution in [0.5, 0.6) is 5.75 Å². The van der Waals surface area contributed by atoms with E-state index in [9.17, 15) is 4.79 Å². The van der Waals surface area contributed by atoms with Crippen molar-refractivity contribution in [2.75, 3.05) is 6.61 Å². The third kappa shape index (κ3) is 4.82. The van der Waals surface area contributed by atoms with Gasteiger partial charge in [-0.3, -0.25) is 4.79 Å². The Morgan fingerprint density at radius 3 is 2.35 bits per heavy atom. The molecule has 0 spiro atoms. The molecule has 0 unspecified atom stereocenters. The van der Waals surface area contributed by atoms with E-state index in [0.29, 0.717) is 17.2 Å². The zero-order chi connectivity index (χ0) is 16.7. The third-order valence-corrected chi connectivity index (χ3v) is 3.47. The molecule has 3 heteroatoms. The summed E-state index contributed by atoms with van der Waals surface area (Å²) in [6.45, 7) is 4.30. The Morgan fingerprint density at radius 2 is 1.78 bits per heavy atom. The molecule has 116 valence electrons. The maximum absolute atomic E-state index is 12.1. The van der Waals surface area contributed by atoms with Crippen molar-refractivity contribution in [1.29, 1.82) is 5.26 Å². The van der Waals surface area contributed by atoms with Crippen LogP contribution in [0, 0.1) is 11.3 Å². The number of rotatable bonds is 6. The molecule has 0 fully saturated rings. The Hall–Kier alpha value is -2.86. The number of hydrogen-bond donors (Lipinski definition) is 0. The normalized spacial score (nSPS) is 10.7. The molecule has 0 atom stereocenters. The van der Waals surface area contributed by atoms with Crippen molar-refractivity contribution in [3.05, 3.63) is 71.3 Å². The molecule has 0 N–H and O–H groups in total. The van der Waals surface area contributed by atoms with Crippen LogP contribution in [0.3, 0.4) is 0 Å². The highest BCUT2D eigenvalue weighted by atomic mass is 16.5. The van der Waals surface area contributed by atoms with Gasteiger partial charge in [-0.2, -0.15) is 5.26 Å². The molecule has 2 aromatic carbocycles. The van der Waals surface area contributed by atoms with E-state index < -0.39 is 0 Å². The lowest BCUT2D eigenvalue weighted by Crippen LogP contribution is -1.96. The number of nitrogens with zero attached hydrogens (tertiary/aromatic N) is 1. The van der Waals surface area contributed by atoms with Crippen LogP contribution >= 0.6 is 0 Å². The van der Waals surface area contributed by atoms with Crippen molar-refractivity contribution in [2.24, 2.45) is 0 Å². The standard InChI is InChI=1S/C20H19NO2/c1-15(2)17-6-3-16(4-7-17)5-12-20(22)18-8-10-19(11-9-18)23-14-13-21/h3-12,15H,14H2,1-2H3/b12-5+. The average Bonchev–Trinajstić information content (AvgIpc) is 2.58. The lowest BCUT2D eigenvalue weighted by atomic mass is 10.0. The Morgan fingerprint density at radius 1 is 1.13 bits per heavy atom. The van der Waals surface area contributed by atoms with E-state index in [0.717, 1.165) is 5.56 Å². The SMILES string of the molecule is CC(C)c1ccc(/C=C/C(=O)c2ccc(OCC#N)cc2)cc1. The lowest BCUT2D eigenvalue weighted by Gasteiger charge is -2.04. The average molecular weight is 305 g/mol. The predicted molar refractivity (Wildman–Crippen MR) is 91.4 cm³/mol. The fourth-order valence-corrected chi connectivity index (χ4v) is 2.09. The third-order valence-electron chi connectivity index (χ3n) is 3.47. The Kier molecular flexibility index (Phi) is 5.71. The number of hydrogen-bond acceptors (Lipinski definition) is 3. The topological polar surface area (TPSA) is 50.1 Å². The Balaban J connectivity index is 2.01. The zero-order valence-corrected chi connectivity index (χ0v) is 13.3. The minimum Gasteiger partial charge on any atom is -0.479 e. The summed E-state index contributed by atoms with van der Waals surface area (Å²) in [4.78, 5) is 12.1. The van der Waals surface area contributed by atoms with Gasteiger partial charge in [0.1, 0.15) is 11.8 Å². The second-order valence-corrected chi connectivity index (χ2v) is 5.49. The molecule has 0 saturated heterocycles. The highest BCUT2D eigenvalue weighted by Crippen LogP contribution is 2.16. The van der Waals surface area contributed by atoms with Gasteiger partial charge in [-0.15, -0.1) is 0 Å². The first-order chi connectivity index (χ1) is 11.1. The number of ketones is 1. The molecule has 0 saturated carbocycles. The largest absolute Gasteiger partial charge is 0.479 e. The van der Waals surface area contributed by atoms with E-state index in [2.05, 4.69) is 26.0 Å². The molecule has 0 bridgehead atoms. The van der Waals surface area contributed by atoms with Crippen LogP contribution < -0.4 is 4.74 Å². The van der Waals surface area contributed by atoms with Gasteiger partial charge in [0, 0.05) is 5.56 Å². The molecular formula is C20H19NO2. The molecule has 0 aliphatic rings. The minimum absolute atomic E-state index is 0.000428. The van der Waals surface area contributed by atoms with Gasteiger partial charge in [0.05, 0.1) is 0 Å². The highest BCUT2D eigenvalue weighted by Gasteiger charge is 2.03. The number of nitriles is 1. The van der Waals surface area contributed by atoms with Gasteiger partial charge in [-0.05, 0) is 47.4 Å². The number of allylic oxidation sites excluding steroid dienone is 1. The van der Waals surface area contributed by atoms with Crippen LogP contribution in [0.4, 0.5) is 0 Å². The molecular weight excluding hydrogens is 286 g/mol. The van der Waals surface area contributed by atoms with Crippen molar-refractivity contribution < 1.29 is 9.53 Å². The summed E-state index contributed by atoms with van der Waals surface area (Å²) in [7, 11) is 0. The molecule has 0 aromatic heterocycles. The molecule has 2 aromatic rings. The number of carbonyl (C=O) groups excluding carboxylic acids is 1. The van der Waals surface area contributed by atoms with E-state index in [1.807, 2.05) is 24.3 Å². The van der Waals surface area contributed by atoms with Gasteiger partial charge >= 0.3 is 0 Å². The summed E-state index contributed by atoms with van der Waals surface area (Å²) < 4.78 is 5.16. The van der Waals surface area contributed by atoms with Gasteiger partial charge in [-0.1, -0.05) is 44.2 Å². The van der Waals surface area contributed by atoms with E-state index >= 15 is 0 Å². The van der Waals surface area contributed by atoms with Gasteiger partial charge in [0.2, 0.25) is 0 Å². The quantitative estimate of drug-likeness (QED) is 0.578. The summed E-state index contributed by atoms with van der Waals surface area (Å²) in [6, 6.07) is 16.9. The van der Waals surface area contributed by atoms with Crippen molar-refractivity contribution in [1.82, 2.24) is 0 Å². The van der Waals surface area contributed by atoms with Crippen molar-refractivity contribution in [3.63, 3.8) is 0 Å². The van der Waals surface area contributed by atoms with Crippen LogP contribution in [-0.2, 0) is 0 Å². The van der Waals surface area contributed by atoms with Gasteiger partial charge in [-0.25, -0.2) is 0 Å². The summed E-state index contributed by atoms with van der Waals surface area (Å²) in [6.07, 6.45) is 3.38. The van der Waals surface area contributed by atoms with E-state index in [1.54, 1.807) is 30.3 Å². The first-order valence-corrected chi connectivity index (χ1v) is 7.52. The summed E-state index contributed by atoms with van der Waals surface area (Å²) in [5, 5.41) is 8.46. The van der Waals surface area contributed by atoms with E-state index in [1.165, 1.54) is 5.56 Å². The first kappa shape index (κ1) is 16.5. The second-order valence-electron chi connectivity index (χ2n) is 5.49. The fraction of sp³-hybridized carbons (Fsp3) is 0.200. The van der Waals surface area contributed by atoms with Crippen LogP contribution in [0.25, 0.3) is 6.08 Å². The molecule has 0 aliphatic heterocycles. The molecule has 23 heavy (non-hydrogen) atoms. The van der Waals surface area contributed by atoms with Gasteiger partial charge < -0.3 is 4.74 Å². The van der Waals surface area contributed by atoms with Crippen molar-refractivity contribution in [2.45, 2.75) is 19.8 Å². The van der Waals surface area contributed by atoms with E-state index in [4.69, 9.17) is 10.00 Å². The minimum atomic E-state index is -0.0650. The zero-order valence-electron chi connectivity index (χ0n) is 13.3. The van der Waals surface area contributed by atoms with Crippen molar-refractivity contribution >= 4 is 11.9 Å². The summed E-state index contributed by atoms with van der Waals surface area (Å²) >= 11 is 0. The molecule has 3 nitrogen and oxygen atoms in total. The molecule has 2 rings (SSSR count). The van der Waals surface area contributed by atoms with Crippen LogP contribution in [0.15, 0.2) is 54.6 Å². The lowest BCUT2D eigenvalue weighted by molar-refractivity contribution is 0.104. The van der Waals surface area contributed by atoms with Crippen LogP contribution in [0.2, 0.25) is 0 Å². The predicted octanol–water partition coefficient (Wildman–Crippen LogP) is 4.61. The van der Waals surface area contributed by atoms with Crippen LogP contribution in [0.1, 0.15) is 41.3 Å². The molecule has 0 amide bonds. The van der Waals surface area contributed by atoms with Gasteiger partial charge in [0.15, 0.2) is 12.4 Å². The Labute approximate surface area is 136 Å². The smallest absolute Gasteiger partial charge is 0.185 e. The van der Waals surface area contributed by atoms with Crippen LogP contribution in [-0.4, -0.2) is 12.4 Å². The molecule has 0 radical (unpaired) electrons. The van der Waals surface area contributed by atoms with Gasteiger partial charge in [0.25, 0.3) is 0 Å². The van der Waals surface area contributed by atoms with Crippen molar-refractivity contribution in [3.8, 4) is 11.8 Å². The first-order valence-electron chi connectivity index (χ1n) is 7.52. The number of benzene rings is 2. The number of carbonyl (C=O) groups is 1. The fourth-order valence-electron chi connectivity index (χ4n) is 2.09. The monoisotopic (exact) mass is 305 g/mol. The maximum Gasteiger partial charge on any atom is 0.185 e. The number of ether oxygens (including phenoxy) is 1. The molecule has 0 heterocycles. The Bertz CT molecular complexity index is 720. The highest BCUT2D eigenvalue weighted by molar-refractivity contribution is 6.06. The van der Waals surface area contributed by atoms with E-state index in [-0.39, 0.29) is 12.4 Å². The maximum atomic E-state index is 12.1. The molecule has 0 aliphatic carbocycles. The second kappa shape index (κ2) is 7.95.